The van der Waals surface area contributed by atoms with Crippen LogP contribution in [0.3, 0.4) is 0 Å². The van der Waals surface area contributed by atoms with Gasteiger partial charge in [-0.05, 0) is 50.3 Å². The largest absolute Gasteiger partial charge is 0.367 e. The average Bonchev–Trinajstić information content (AvgIpc) is 2.90. The molecular formula is C30H41N5O4. The maximum atomic E-state index is 13.2. The molecule has 3 amide bonds. The summed E-state index contributed by atoms with van der Waals surface area (Å²) < 4.78 is 6.13. The number of nitrogens with zero attached hydrogens (tertiary/aromatic N) is 2. The molecule has 2 aliphatic rings. The summed E-state index contributed by atoms with van der Waals surface area (Å²) >= 11 is 0. The Labute approximate surface area is 230 Å². The van der Waals surface area contributed by atoms with E-state index in [1.54, 1.807) is 6.92 Å². The molecule has 2 aromatic rings. The van der Waals surface area contributed by atoms with Crippen LogP contribution in [-0.2, 0) is 19.1 Å². The number of hydrogen-bond donors (Lipinski definition) is 3. The molecule has 0 aliphatic carbocycles. The minimum absolute atomic E-state index is 0.0855. The van der Waals surface area contributed by atoms with Crippen molar-refractivity contribution in [3.8, 4) is 0 Å². The minimum Gasteiger partial charge on any atom is -0.367 e. The Morgan fingerprint density at radius 2 is 1.74 bits per heavy atom. The second-order valence-corrected chi connectivity index (χ2v) is 11.8. The maximum absolute atomic E-state index is 13.2. The predicted octanol–water partition coefficient (Wildman–Crippen LogP) is 3.51. The minimum atomic E-state index is -0.778. The molecule has 9 heteroatoms. The van der Waals surface area contributed by atoms with E-state index in [0.29, 0.717) is 26.0 Å². The number of hydrazine groups is 1. The Morgan fingerprint density at radius 3 is 2.49 bits per heavy atom. The Morgan fingerprint density at radius 1 is 1.03 bits per heavy atom. The van der Waals surface area contributed by atoms with E-state index in [2.05, 4.69) is 36.0 Å². The number of pyridine rings is 1. The summed E-state index contributed by atoms with van der Waals surface area (Å²) in [6.45, 7) is 12.3. The van der Waals surface area contributed by atoms with Crippen molar-refractivity contribution in [2.45, 2.75) is 78.6 Å². The quantitative estimate of drug-likeness (QED) is 0.515. The number of benzene rings is 1. The van der Waals surface area contributed by atoms with E-state index in [0.717, 1.165) is 22.2 Å². The van der Waals surface area contributed by atoms with Gasteiger partial charge in [0.1, 0.15) is 18.2 Å². The molecule has 4 rings (SSSR count). The monoisotopic (exact) mass is 535 g/mol. The van der Waals surface area contributed by atoms with Crippen molar-refractivity contribution >= 4 is 34.7 Å². The first-order valence-electron chi connectivity index (χ1n) is 13.8. The number of fused-ring (bicyclic) bond motifs is 4. The summed E-state index contributed by atoms with van der Waals surface area (Å²) in [6.07, 6.45) is 4.67. The molecule has 2 aliphatic heterocycles. The third-order valence-corrected chi connectivity index (χ3v) is 7.26. The summed E-state index contributed by atoms with van der Waals surface area (Å²) in [4.78, 5) is 44.3. The molecule has 1 fully saturated rings. The first-order chi connectivity index (χ1) is 18.4. The smallest absolute Gasteiger partial charge is 0.258 e. The molecule has 4 unspecified atom stereocenters. The van der Waals surface area contributed by atoms with Crippen LogP contribution in [0.1, 0.15) is 71.7 Å². The summed E-state index contributed by atoms with van der Waals surface area (Å²) in [5.41, 5.74) is 5.32. The summed E-state index contributed by atoms with van der Waals surface area (Å²) in [5, 5.41) is 8.33. The molecule has 1 aromatic carbocycles. The number of rotatable bonds is 1. The molecule has 0 spiro atoms. The van der Waals surface area contributed by atoms with Crippen molar-refractivity contribution in [1.29, 1.82) is 0 Å². The maximum Gasteiger partial charge on any atom is 0.258 e. The Hall–Kier alpha value is -3.30. The normalized spacial score (nSPS) is 26.9. The molecule has 0 radical (unpaired) electrons. The standard InChI is InChI=1S/C30H41N5O4/c1-18(2)26-28(37)32-20(4)29(38)35-15-7-8-24(34-35)27(36)31-19(3)23-12-11-22-10-9-21(16-25(22)33-23)13-14-30(5,6)17-39-26/h9-14,16,18-20,24,26,34H,7-8,15,17H2,1-6H3,(H,31,36)(H,32,37). The van der Waals surface area contributed by atoms with Crippen LogP contribution >= 0.6 is 0 Å². The summed E-state index contributed by atoms with van der Waals surface area (Å²) in [6, 6.07) is 8.39. The van der Waals surface area contributed by atoms with Crippen LogP contribution in [0.15, 0.2) is 36.4 Å². The van der Waals surface area contributed by atoms with Gasteiger partial charge in [-0.3, -0.25) is 24.4 Å². The lowest BCUT2D eigenvalue weighted by Crippen LogP contribution is -2.61. The number of carbonyl (C=O) groups is 3. The van der Waals surface area contributed by atoms with Gasteiger partial charge in [-0.15, -0.1) is 0 Å². The number of amides is 3. The van der Waals surface area contributed by atoms with Gasteiger partial charge in [-0.1, -0.05) is 58.0 Å². The van der Waals surface area contributed by atoms with Gasteiger partial charge >= 0.3 is 0 Å². The summed E-state index contributed by atoms with van der Waals surface area (Å²) in [5.74, 6) is -0.904. The van der Waals surface area contributed by atoms with Crippen molar-refractivity contribution in [2.24, 2.45) is 11.3 Å². The van der Waals surface area contributed by atoms with Crippen molar-refractivity contribution in [1.82, 2.24) is 26.1 Å². The van der Waals surface area contributed by atoms with Crippen LogP contribution in [0.25, 0.3) is 17.0 Å². The van der Waals surface area contributed by atoms with E-state index in [1.165, 1.54) is 5.01 Å². The number of hydrogen-bond acceptors (Lipinski definition) is 6. The van der Waals surface area contributed by atoms with E-state index in [-0.39, 0.29) is 35.1 Å². The Bertz CT molecular complexity index is 1260. The zero-order chi connectivity index (χ0) is 28.3. The molecule has 5 bridgehead atoms. The topological polar surface area (TPSA) is 113 Å². The molecule has 39 heavy (non-hydrogen) atoms. The van der Waals surface area contributed by atoms with Gasteiger partial charge in [-0.2, -0.15) is 0 Å². The van der Waals surface area contributed by atoms with E-state index in [1.807, 2.05) is 57.2 Å². The van der Waals surface area contributed by atoms with Crippen LogP contribution < -0.4 is 16.1 Å². The van der Waals surface area contributed by atoms with Crippen LogP contribution in [0.2, 0.25) is 0 Å². The lowest BCUT2D eigenvalue weighted by Gasteiger charge is -2.35. The van der Waals surface area contributed by atoms with Crippen molar-refractivity contribution in [2.75, 3.05) is 13.2 Å². The number of aromatic nitrogens is 1. The second-order valence-electron chi connectivity index (χ2n) is 11.8. The highest BCUT2D eigenvalue weighted by Gasteiger charge is 2.33. The first kappa shape index (κ1) is 28.7. The third-order valence-electron chi connectivity index (χ3n) is 7.26. The molecule has 1 saturated heterocycles. The van der Waals surface area contributed by atoms with E-state index < -0.39 is 18.2 Å². The van der Waals surface area contributed by atoms with E-state index >= 15 is 0 Å². The van der Waals surface area contributed by atoms with Gasteiger partial charge in [0.2, 0.25) is 11.8 Å². The van der Waals surface area contributed by atoms with Crippen LogP contribution in [0.4, 0.5) is 0 Å². The van der Waals surface area contributed by atoms with Crippen LogP contribution in [0, 0.1) is 11.3 Å². The highest BCUT2D eigenvalue weighted by atomic mass is 16.5. The van der Waals surface area contributed by atoms with Gasteiger partial charge in [-0.25, -0.2) is 5.43 Å². The van der Waals surface area contributed by atoms with Gasteiger partial charge in [0.15, 0.2) is 0 Å². The molecule has 4 atom stereocenters. The fourth-order valence-corrected chi connectivity index (χ4v) is 4.85. The van der Waals surface area contributed by atoms with Crippen LogP contribution in [-0.4, -0.2) is 59.1 Å². The lowest BCUT2D eigenvalue weighted by atomic mass is 9.93. The second kappa shape index (κ2) is 11.8. The lowest BCUT2D eigenvalue weighted by molar-refractivity contribution is -0.146. The number of ether oxygens (including phenoxy) is 1. The summed E-state index contributed by atoms with van der Waals surface area (Å²) in [7, 11) is 0. The van der Waals surface area contributed by atoms with Crippen molar-refractivity contribution in [3.05, 3.63) is 47.7 Å². The first-order valence-corrected chi connectivity index (χ1v) is 13.8. The van der Waals surface area contributed by atoms with Gasteiger partial charge in [0, 0.05) is 17.3 Å². The van der Waals surface area contributed by atoms with Gasteiger partial charge in [0.25, 0.3) is 5.91 Å². The number of nitrogens with one attached hydrogen (secondary N) is 3. The molecule has 3 heterocycles. The van der Waals surface area contributed by atoms with Gasteiger partial charge in [0.05, 0.1) is 23.9 Å². The molecule has 9 nitrogen and oxygen atoms in total. The highest BCUT2D eigenvalue weighted by molar-refractivity contribution is 5.90. The molecule has 0 saturated carbocycles. The zero-order valence-electron chi connectivity index (χ0n) is 23.8. The Balaban J connectivity index is 1.67. The fraction of sp³-hybridized carbons (Fsp3) is 0.533. The zero-order valence-corrected chi connectivity index (χ0v) is 23.8. The number of carbonyl (C=O) groups excluding carboxylic acids is 3. The Kier molecular flexibility index (Phi) is 8.71. The van der Waals surface area contributed by atoms with E-state index in [9.17, 15) is 14.4 Å². The molecule has 3 N–H and O–H groups in total. The van der Waals surface area contributed by atoms with Crippen LogP contribution in [0.5, 0.6) is 0 Å². The SMILES string of the molecule is CC1NC(=O)C(C(C)C)OCC(C)(C)C=Cc2ccc3ccc(nc3c2)C(C)NC(=O)C2CCCN(N2)C1=O. The molecule has 210 valence electrons. The molecular weight excluding hydrogens is 494 g/mol. The molecule has 1 aromatic heterocycles. The van der Waals surface area contributed by atoms with Gasteiger partial charge < -0.3 is 15.4 Å². The van der Waals surface area contributed by atoms with E-state index in [4.69, 9.17) is 9.72 Å². The van der Waals surface area contributed by atoms with Crippen molar-refractivity contribution < 1.29 is 19.1 Å². The fourth-order valence-electron chi connectivity index (χ4n) is 4.85. The highest BCUT2D eigenvalue weighted by Crippen LogP contribution is 2.24. The third kappa shape index (κ3) is 7.02. The predicted molar refractivity (Wildman–Crippen MR) is 151 cm³/mol. The average molecular weight is 536 g/mol. The van der Waals surface area contributed by atoms with Crippen molar-refractivity contribution in [3.63, 3.8) is 0 Å².